The van der Waals surface area contributed by atoms with E-state index >= 15 is 0 Å². The van der Waals surface area contributed by atoms with Crippen molar-refractivity contribution in [3.63, 3.8) is 0 Å². The van der Waals surface area contributed by atoms with Crippen LogP contribution in [-0.2, 0) is 19.1 Å². The van der Waals surface area contributed by atoms with E-state index in [0.717, 1.165) is 0 Å². The van der Waals surface area contributed by atoms with Crippen LogP contribution in [0.5, 0.6) is 0 Å². The Morgan fingerprint density at radius 2 is 1.60 bits per heavy atom. The molecule has 0 heterocycles. The van der Waals surface area contributed by atoms with E-state index in [4.69, 9.17) is 9.81 Å². The maximum absolute atomic E-state index is 8.92. The van der Waals surface area contributed by atoms with E-state index in [1.807, 2.05) is 0 Å². The second-order valence-electron chi connectivity index (χ2n) is 0.231. The van der Waals surface area contributed by atoms with Gasteiger partial charge in [0.1, 0.15) is 0 Å². The van der Waals surface area contributed by atoms with Crippen LogP contribution in [0.4, 0.5) is 0 Å². The molecule has 0 aromatic rings. The van der Waals surface area contributed by atoms with Gasteiger partial charge in [-0.15, -0.1) is 0 Å². The molecule has 5 heteroatoms. The molecule has 0 amide bonds. The molecule has 0 saturated carbocycles. The van der Waals surface area contributed by atoms with Crippen molar-refractivity contribution >= 4 is 0 Å². The van der Waals surface area contributed by atoms with Gasteiger partial charge in [0.05, 0.1) is 0 Å². The zero-order valence-electron chi connectivity index (χ0n) is 2.12. The normalized spacial score (nSPS) is 6.40. The third kappa shape index (κ3) is 3.89. The van der Waals surface area contributed by atoms with Gasteiger partial charge in [-0.05, 0) is 0 Å². The zero-order chi connectivity index (χ0) is 4.12. The fourth-order valence-corrected chi connectivity index (χ4v) is 0.0805. The van der Waals surface area contributed by atoms with Gasteiger partial charge in [0.2, 0.25) is 0 Å². The predicted molar refractivity (Wildman–Crippen MR) is 11.6 cm³/mol. The van der Waals surface area contributed by atoms with Crippen molar-refractivity contribution in [1.29, 1.82) is 0 Å². The molecule has 0 radical (unpaired) electrons. The van der Waals surface area contributed by atoms with E-state index in [9.17, 15) is 0 Å². The van der Waals surface area contributed by atoms with Crippen LogP contribution in [0.15, 0.2) is 7.47 Å². The van der Waals surface area contributed by atoms with Gasteiger partial charge in [0, 0.05) is 0 Å². The van der Waals surface area contributed by atoms with Gasteiger partial charge in [0.15, 0.2) is 0 Å². The molecular formula is MoN2O2. The molecule has 0 atom stereocenters. The first-order valence-electron chi connectivity index (χ1n) is 0.730. The standard InChI is InChI=1S/Mo.2NO/c;2*1-2/q+2;2*-1. The number of hydrogen-bond donors (Lipinski definition) is 0. The summed E-state index contributed by atoms with van der Waals surface area (Å²) in [5, 5.41) is 0. The molecule has 0 aromatic carbocycles. The van der Waals surface area contributed by atoms with Gasteiger partial charge < -0.3 is 0 Å². The summed E-state index contributed by atoms with van der Waals surface area (Å²) >= 11 is -1.37. The summed E-state index contributed by atoms with van der Waals surface area (Å²) in [4.78, 5) is 17.8. The van der Waals surface area contributed by atoms with Crippen LogP contribution < -0.4 is 0 Å². The molecule has 0 saturated heterocycles. The molecule has 0 bridgehead atoms. The summed E-state index contributed by atoms with van der Waals surface area (Å²) in [5.74, 6) is 0. The summed E-state index contributed by atoms with van der Waals surface area (Å²) in [5.41, 5.74) is 0. The minimum absolute atomic E-state index is 1.37. The van der Waals surface area contributed by atoms with Crippen LogP contribution in [0, 0.1) is 9.81 Å². The van der Waals surface area contributed by atoms with Crippen molar-refractivity contribution in [2.75, 3.05) is 0 Å². The quantitative estimate of drug-likeness (QED) is 0.429. The molecule has 28 valence electrons. The van der Waals surface area contributed by atoms with Crippen molar-refractivity contribution < 1.29 is 19.1 Å². The Bertz CT molecular complexity index is 36.9. The SMILES string of the molecule is O=[N][Mo][N]=O. The summed E-state index contributed by atoms with van der Waals surface area (Å²) < 4.78 is 4.51. The second kappa shape index (κ2) is 3.89. The van der Waals surface area contributed by atoms with Crippen LogP contribution in [0.25, 0.3) is 0 Å². The molecule has 0 aliphatic heterocycles. The fraction of sp³-hybridized carbons (Fsp3) is 0. The average molecular weight is 156 g/mol. The molecule has 0 aromatic heterocycles. The Balaban J connectivity index is 2.65. The second-order valence-corrected chi connectivity index (χ2v) is 1.36. The van der Waals surface area contributed by atoms with E-state index in [1.54, 1.807) is 0 Å². The van der Waals surface area contributed by atoms with Gasteiger partial charge in [-0.2, -0.15) is 0 Å². The minimum atomic E-state index is -1.37. The van der Waals surface area contributed by atoms with E-state index in [-0.39, 0.29) is 0 Å². The van der Waals surface area contributed by atoms with Crippen molar-refractivity contribution in [1.82, 2.24) is 0 Å². The fourth-order valence-electron chi connectivity index (χ4n) is 0.0136. The van der Waals surface area contributed by atoms with Crippen molar-refractivity contribution in [2.24, 2.45) is 7.47 Å². The van der Waals surface area contributed by atoms with E-state index in [1.165, 1.54) is 0 Å². The third-order valence-electron chi connectivity index (χ3n) is 0.0667. The average Bonchev–Trinajstić information content (AvgIpc) is 1.41. The maximum atomic E-state index is 8.92. The molecule has 0 spiro atoms. The van der Waals surface area contributed by atoms with Crippen molar-refractivity contribution in [3.05, 3.63) is 9.81 Å². The van der Waals surface area contributed by atoms with Gasteiger partial charge >= 0.3 is 36.3 Å². The van der Waals surface area contributed by atoms with Gasteiger partial charge in [0.25, 0.3) is 0 Å². The molecule has 4 nitrogen and oxygen atoms in total. The summed E-state index contributed by atoms with van der Waals surface area (Å²) in [6.45, 7) is 0. The molecule has 0 rings (SSSR count). The van der Waals surface area contributed by atoms with Crippen molar-refractivity contribution in [3.8, 4) is 0 Å². The number of hydrogen-bond acceptors (Lipinski definition) is 4. The molecule has 0 unspecified atom stereocenters. The molecular weight excluding hydrogens is 156 g/mol. The molecule has 0 N–H and O–H groups in total. The topological polar surface area (TPSA) is 58.9 Å². The summed E-state index contributed by atoms with van der Waals surface area (Å²) in [6.07, 6.45) is 0. The first-order chi connectivity index (χ1) is 2.41. The summed E-state index contributed by atoms with van der Waals surface area (Å²) in [7, 11) is 0. The Kier molecular flexibility index (Phi) is 3.80. The van der Waals surface area contributed by atoms with Gasteiger partial charge in [-0.1, -0.05) is 0 Å². The first-order valence-corrected chi connectivity index (χ1v) is 2.53. The van der Waals surface area contributed by atoms with E-state index < -0.39 is 19.1 Å². The Hall–Kier alpha value is -0.112. The molecule has 0 fully saturated rings. The Morgan fingerprint density at radius 3 is 1.60 bits per heavy atom. The monoisotopic (exact) mass is 158 g/mol. The van der Waals surface area contributed by atoms with Crippen LogP contribution in [-0.4, -0.2) is 0 Å². The zero-order valence-corrected chi connectivity index (χ0v) is 4.13. The van der Waals surface area contributed by atoms with Crippen molar-refractivity contribution in [2.45, 2.75) is 0 Å². The third-order valence-corrected chi connectivity index (χ3v) is 0.394. The van der Waals surface area contributed by atoms with E-state index in [0.29, 0.717) is 0 Å². The van der Waals surface area contributed by atoms with Crippen LogP contribution in [0.3, 0.4) is 0 Å². The van der Waals surface area contributed by atoms with Gasteiger partial charge in [-0.3, -0.25) is 0 Å². The molecule has 0 aliphatic rings. The number of rotatable bonds is 2. The van der Waals surface area contributed by atoms with Crippen LogP contribution in [0.1, 0.15) is 0 Å². The van der Waals surface area contributed by atoms with E-state index in [2.05, 4.69) is 7.47 Å². The number of nitroso groups, excluding NO2 is 2. The molecule has 0 aliphatic carbocycles. The molecule has 5 heavy (non-hydrogen) atoms. The number of nitrogens with zero attached hydrogens (tertiary/aromatic N) is 2. The predicted octanol–water partition coefficient (Wildman–Crippen LogP) is 0.432. The Morgan fingerprint density at radius 1 is 1.20 bits per heavy atom. The van der Waals surface area contributed by atoms with Gasteiger partial charge in [-0.25, -0.2) is 0 Å². The Labute approximate surface area is 37.0 Å². The summed E-state index contributed by atoms with van der Waals surface area (Å²) in [6, 6.07) is 0. The van der Waals surface area contributed by atoms with Crippen LogP contribution >= 0.6 is 0 Å². The first kappa shape index (κ1) is 4.89. The van der Waals surface area contributed by atoms with Crippen LogP contribution in [0.2, 0.25) is 0 Å².